The highest BCUT2D eigenvalue weighted by atomic mass is 35.5. The summed E-state index contributed by atoms with van der Waals surface area (Å²) in [6.07, 6.45) is 1.44. The molecule has 1 N–H and O–H groups in total. The van der Waals surface area contributed by atoms with Crippen molar-refractivity contribution in [2.24, 2.45) is 0 Å². The van der Waals surface area contributed by atoms with Gasteiger partial charge >= 0.3 is 5.97 Å². The lowest BCUT2D eigenvalue weighted by Crippen LogP contribution is -2.12. The Morgan fingerprint density at radius 1 is 1.11 bits per heavy atom. The van der Waals surface area contributed by atoms with Crippen molar-refractivity contribution >= 4 is 50.1 Å². The Morgan fingerprint density at radius 2 is 1.82 bits per heavy atom. The molecule has 0 fully saturated rings. The van der Waals surface area contributed by atoms with Crippen LogP contribution in [0.1, 0.15) is 12.0 Å². The van der Waals surface area contributed by atoms with Crippen LogP contribution in [0.15, 0.2) is 41.4 Å². The molecule has 3 aromatic rings. The van der Waals surface area contributed by atoms with Crippen LogP contribution in [-0.2, 0) is 21.2 Å². The molecule has 0 amide bonds. The molecule has 0 aliphatic carbocycles. The quantitative estimate of drug-likeness (QED) is 0.644. The van der Waals surface area contributed by atoms with Gasteiger partial charge in [-0.1, -0.05) is 23.2 Å². The molecule has 10 heteroatoms. The molecule has 0 unspecified atom stereocenters. The zero-order valence-electron chi connectivity index (χ0n) is 14.2. The van der Waals surface area contributed by atoms with Gasteiger partial charge in [0, 0.05) is 24.1 Å². The number of aliphatic carboxylic acids is 1. The van der Waals surface area contributed by atoms with Crippen molar-refractivity contribution in [1.82, 2.24) is 3.97 Å². The zero-order valence-corrected chi connectivity index (χ0v) is 16.5. The minimum atomic E-state index is -4.01. The number of benzene rings is 2. The summed E-state index contributed by atoms with van der Waals surface area (Å²) in [7, 11) is -4.01. The van der Waals surface area contributed by atoms with Crippen molar-refractivity contribution in [3.63, 3.8) is 0 Å². The van der Waals surface area contributed by atoms with Gasteiger partial charge in [0.15, 0.2) is 11.5 Å². The van der Waals surface area contributed by atoms with E-state index in [1.807, 2.05) is 0 Å². The van der Waals surface area contributed by atoms with Gasteiger partial charge in [0.05, 0.1) is 20.5 Å². The molecular formula is C18H13Cl2NO6S. The number of rotatable bonds is 5. The fourth-order valence-corrected chi connectivity index (χ4v) is 4.81. The molecule has 0 saturated carbocycles. The molecule has 28 heavy (non-hydrogen) atoms. The highest BCUT2D eigenvalue weighted by Gasteiger charge is 2.25. The van der Waals surface area contributed by atoms with Crippen LogP contribution in [0.25, 0.3) is 10.9 Å². The number of nitrogens with zero attached hydrogens (tertiary/aromatic N) is 1. The van der Waals surface area contributed by atoms with Gasteiger partial charge in [-0.05, 0) is 36.2 Å². The van der Waals surface area contributed by atoms with Crippen LogP contribution in [0.4, 0.5) is 0 Å². The molecule has 2 aromatic carbocycles. The number of hydrogen-bond donors (Lipinski definition) is 1. The van der Waals surface area contributed by atoms with Crippen LogP contribution in [0.2, 0.25) is 10.0 Å². The van der Waals surface area contributed by atoms with Gasteiger partial charge in [0.1, 0.15) is 0 Å². The van der Waals surface area contributed by atoms with E-state index in [9.17, 15) is 13.2 Å². The third-order valence-corrected chi connectivity index (χ3v) is 6.81. The molecule has 0 bridgehead atoms. The van der Waals surface area contributed by atoms with E-state index in [1.54, 1.807) is 12.1 Å². The Balaban J connectivity index is 1.92. The minimum absolute atomic E-state index is 0.0337. The number of hydrogen-bond acceptors (Lipinski definition) is 5. The van der Waals surface area contributed by atoms with Gasteiger partial charge in [-0.2, -0.15) is 0 Å². The minimum Gasteiger partial charge on any atom is -0.481 e. The fraction of sp³-hybridized carbons (Fsp3) is 0.167. The van der Waals surface area contributed by atoms with Gasteiger partial charge < -0.3 is 14.6 Å². The van der Waals surface area contributed by atoms with Crippen molar-refractivity contribution in [2.45, 2.75) is 17.7 Å². The average Bonchev–Trinajstić information content (AvgIpc) is 3.24. The van der Waals surface area contributed by atoms with E-state index in [2.05, 4.69) is 0 Å². The Morgan fingerprint density at radius 3 is 2.50 bits per heavy atom. The third-order valence-electron chi connectivity index (χ3n) is 4.40. The molecule has 2 heterocycles. The van der Waals surface area contributed by atoms with Gasteiger partial charge in [-0.15, -0.1) is 0 Å². The van der Waals surface area contributed by atoms with Crippen LogP contribution in [0.5, 0.6) is 11.5 Å². The maximum atomic E-state index is 13.2. The standard InChI is InChI=1S/C18H13Cl2NO6S/c19-13-3-2-11(5-14(13)20)28(24,25)21-8-10(1-4-18(22)23)12-6-16-17(7-15(12)21)27-9-26-16/h2-3,5-8H,1,4,9H2,(H,22,23). The van der Waals surface area contributed by atoms with Crippen molar-refractivity contribution < 1.29 is 27.8 Å². The zero-order chi connectivity index (χ0) is 20.1. The first kappa shape index (κ1) is 18.9. The second-order valence-corrected chi connectivity index (χ2v) is 8.78. The number of carbonyl (C=O) groups is 1. The molecule has 4 rings (SSSR count). The maximum absolute atomic E-state index is 13.2. The first-order chi connectivity index (χ1) is 13.3. The highest BCUT2D eigenvalue weighted by Crippen LogP contribution is 2.39. The summed E-state index contributed by atoms with van der Waals surface area (Å²) in [5, 5.41) is 9.94. The summed E-state index contributed by atoms with van der Waals surface area (Å²) in [5.74, 6) is -0.0799. The average molecular weight is 442 g/mol. The molecule has 1 aromatic heterocycles. The number of carboxylic acids is 1. The van der Waals surface area contributed by atoms with E-state index in [4.69, 9.17) is 37.8 Å². The SMILES string of the molecule is O=C(O)CCc1cn(S(=O)(=O)c2ccc(Cl)c(Cl)c2)c2cc3c(cc12)OCO3. The lowest BCUT2D eigenvalue weighted by molar-refractivity contribution is -0.136. The van der Waals surface area contributed by atoms with Crippen LogP contribution < -0.4 is 9.47 Å². The molecule has 0 radical (unpaired) electrons. The van der Waals surface area contributed by atoms with Crippen LogP contribution >= 0.6 is 23.2 Å². The van der Waals surface area contributed by atoms with Crippen molar-refractivity contribution in [3.05, 3.63) is 52.1 Å². The Labute approximate surface area is 170 Å². The van der Waals surface area contributed by atoms with Crippen LogP contribution in [-0.4, -0.2) is 30.3 Å². The highest BCUT2D eigenvalue weighted by molar-refractivity contribution is 7.90. The van der Waals surface area contributed by atoms with E-state index in [0.29, 0.717) is 28.0 Å². The summed E-state index contributed by atoms with van der Waals surface area (Å²) < 4.78 is 38.3. The largest absolute Gasteiger partial charge is 0.481 e. The van der Waals surface area contributed by atoms with Gasteiger partial charge in [0.25, 0.3) is 10.0 Å². The Bertz CT molecular complexity index is 1220. The number of fused-ring (bicyclic) bond motifs is 2. The monoisotopic (exact) mass is 441 g/mol. The molecule has 7 nitrogen and oxygen atoms in total. The first-order valence-electron chi connectivity index (χ1n) is 8.13. The summed E-state index contributed by atoms with van der Waals surface area (Å²) in [6.45, 7) is 0.0337. The van der Waals surface area contributed by atoms with Crippen LogP contribution in [0.3, 0.4) is 0 Å². The summed E-state index contributed by atoms with van der Waals surface area (Å²) in [6, 6.07) is 7.27. The lowest BCUT2D eigenvalue weighted by atomic mass is 10.1. The lowest BCUT2D eigenvalue weighted by Gasteiger charge is -2.09. The van der Waals surface area contributed by atoms with Gasteiger partial charge in [-0.3, -0.25) is 4.79 Å². The second kappa shape index (κ2) is 6.88. The molecule has 1 aliphatic heterocycles. The van der Waals surface area contributed by atoms with Gasteiger partial charge in [-0.25, -0.2) is 12.4 Å². The fourth-order valence-electron chi connectivity index (χ4n) is 3.04. The predicted octanol–water partition coefficient (Wildman–Crippen LogP) is 3.93. The Kier molecular flexibility index (Phi) is 4.65. The van der Waals surface area contributed by atoms with Crippen molar-refractivity contribution in [1.29, 1.82) is 0 Å². The van der Waals surface area contributed by atoms with Crippen molar-refractivity contribution in [3.8, 4) is 11.5 Å². The molecule has 0 atom stereocenters. The number of aryl methyl sites for hydroxylation is 1. The van der Waals surface area contributed by atoms with E-state index in [0.717, 1.165) is 3.97 Å². The molecule has 0 saturated heterocycles. The first-order valence-corrected chi connectivity index (χ1v) is 10.3. The predicted molar refractivity (Wildman–Crippen MR) is 103 cm³/mol. The second-order valence-electron chi connectivity index (χ2n) is 6.15. The summed E-state index contributed by atoms with van der Waals surface area (Å²) in [5.41, 5.74) is 0.926. The van der Waals surface area contributed by atoms with E-state index in [1.165, 1.54) is 24.4 Å². The Hall–Kier alpha value is -2.42. The number of carboxylic acid groups (broad SMARTS) is 1. The number of aromatic nitrogens is 1. The molecule has 146 valence electrons. The van der Waals surface area contributed by atoms with Gasteiger partial charge in [0.2, 0.25) is 6.79 Å². The van der Waals surface area contributed by atoms with Crippen molar-refractivity contribution in [2.75, 3.05) is 6.79 Å². The summed E-state index contributed by atoms with van der Waals surface area (Å²) in [4.78, 5) is 11.0. The maximum Gasteiger partial charge on any atom is 0.303 e. The molecule has 0 spiro atoms. The van der Waals surface area contributed by atoms with E-state index < -0.39 is 16.0 Å². The normalized spacial score (nSPS) is 13.2. The smallest absolute Gasteiger partial charge is 0.303 e. The third kappa shape index (κ3) is 3.17. The molecule has 1 aliphatic rings. The van der Waals surface area contributed by atoms with E-state index >= 15 is 0 Å². The van der Waals surface area contributed by atoms with E-state index in [-0.39, 0.29) is 34.6 Å². The van der Waals surface area contributed by atoms with Crippen LogP contribution in [0, 0.1) is 0 Å². The topological polar surface area (TPSA) is 94.8 Å². The number of ether oxygens (including phenoxy) is 2. The molecular weight excluding hydrogens is 429 g/mol. The number of halogens is 2. The summed E-state index contributed by atoms with van der Waals surface area (Å²) >= 11 is 11.9.